The Kier molecular flexibility index (Phi) is 5.91. The number of aliphatic hydroxyl groups is 1. The van der Waals surface area contributed by atoms with Gasteiger partial charge in [-0.25, -0.2) is 10.4 Å². The number of aromatic nitrogens is 2. The lowest BCUT2D eigenvalue weighted by Gasteiger charge is -2.07. The summed E-state index contributed by atoms with van der Waals surface area (Å²) in [6, 6.07) is 5.07. The monoisotopic (exact) mass is 332 g/mol. The van der Waals surface area contributed by atoms with E-state index in [1.54, 1.807) is 25.1 Å². The first-order chi connectivity index (χ1) is 11.6. The smallest absolute Gasteiger partial charge is 0.255 e. The molecule has 1 heterocycles. The molecular weight excluding hydrogens is 312 g/mol. The molecule has 0 saturated heterocycles. The van der Waals surface area contributed by atoms with Crippen LogP contribution in [0.15, 0.2) is 28.1 Å². The minimum absolute atomic E-state index is 0.0131. The van der Waals surface area contributed by atoms with Crippen molar-refractivity contribution in [3.8, 4) is 11.5 Å². The molecule has 8 heteroatoms. The van der Waals surface area contributed by atoms with Crippen molar-refractivity contribution in [2.24, 2.45) is 5.10 Å². The van der Waals surface area contributed by atoms with Crippen LogP contribution in [-0.4, -0.2) is 39.6 Å². The zero-order chi connectivity index (χ0) is 17.5. The molecule has 0 radical (unpaired) electrons. The lowest BCUT2D eigenvalue weighted by atomic mass is 10.2. The van der Waals surface area contributed by atoms with Crippen molar-refractivity contribution >= 4 is 12.2 Å². The number of aromatic hydroxyl groups is 1. The molecule has 4 N–H and O–H groups in total. The molecule has 0 atom stereocenters. The fourth-order valence-corrected chi connectivity index (χ4v) is 2.15. The number of anilines is 1. The average Bonchev–Trinajstić information content (AvgIpc) is 2.54. The van der Waals surface area contributed by atoms with Gasteiger partial charge < -0.3 is 14.9 Å². The van der Waals surface area contributed by atoms with Crippen molar-refractivity contribution in [2.75, 3.05) is 18.6 Å². The predicted molar refractivity (Wildman–Crippen MR) is 90.9 cm³/mol. The highest BCUT2D eigenvalue weighted by Crippen LogP contribution is 2.28. The van der Waals surface area contributed by atoms with E-state index >= 15 is 0 Å². The summed E-state index contributed by atoms with van der Waals surface area (Å²) in [5.41, 5.74) is 3.71. The number of hydrazone groups is 1. The highest BCUT2D eigenvalue weighted by molar-refractivity contribution is 5.85. The molecule has 0 aliphatic heterocycles. The van der Waals surface area contributed by atoms with Crippen LogP contribution in [0.3, 0.4) is 0 Å². The van der Waals surface area contributed by atoms with Gasteiger partial charge in [0.15, 0.2) is 11.5 Å². The summed E-state index contributed by atoms with van der Waals surface area (Å²) in [5.74, 6) is 0.536. The third-order valence-corrected chi connectivity index (χ3v) is 3.29. The van der Waals surface area contributed by atoms with Crippen LogP contribution >= 0.6 is 0 Å². The fourth-order valence-electron chi connectivity index (χ4n) is 2.15. The maximum Gasteiger partial charge on any atom is 0.255 e. The second-order valence-corrected chi connectivity index (χ2v) is 4.95. The van der Waals surface area contributed by atoms with E-state index in [2.05, 4.69) is 20.5 Å². The SMILES string of the molecule is CCOc1cccc(/C=N\Nc2nc(C)c(CCO)c(=O)[nH]2)c1O. The lowest BCUT2D eigenvalue weighted by Crippen LogP contribution is -2.19. The van der Waals surface area contributed by atoms with E-state index in [1.165, 1.54) is 6.21 Å². The van der Waals surface area contributed by atoms with Gasteiger partial charge in [0.1, 0.15) is 0 Å². The molecule has 0 fully saturated rings. The Hall–Kier alpha value is -2.87. The van der Waals surface area contributed by atoms with Gasteiger partial charge in [-0.05, 0) is 26.0 Å². The minimum atomic E-state index is -0.324. The summed E-state index contributed by atoms with van der Waals surface area (Å²) in [6.07, 6.45) is 1.64. The molecule has 0 saturated carbocycles. The maximum absolute atomic E-state index is 11.9. The largest absolute Gasteiger partial charge is 0.504 e. The van der Waals surface area contributed by atoms with E-state index in [-0.39, 0.29) is 30.3 Å². The Bertz CT molecular complexity index is 786. The van der Waals surface area contributed by atoms with Crippen LogP contribution in [0.1, 0.15) is 23.7 Å². The van der Waals surface area contributed by atoms with Gasteiger partial charge in [-0.2, -0.15) is 5.10 Å². The number of H-pyrrole nitrogens is 1. The molecule has 8 nitrogen and oxygen atoms in total. The summed E-state index contributed by atoms with van der Waals surface area (Å²) >= 11 is 0. The summed E-state index contributed by atoms with van der Waals surface area (Å²) in [5, 5.41) is 23.0. The van der Waals surface area contributed by atoms with Gasteiger partial charge in [0, 0.05) is 24.2 Å². The van der Waals surface area contributed by atoms with Crippen molar-refractivity contribution < 1.29 is 14.9 Å². The number of aryl methyl sites for hydroxylation is 1. The molecule has 1 aromatic carbocycles. The fraction of sp³-hybridized carbons (Fsp3) is 0.312. The van der Waals surface area contributed by atoms with Crippen molar-refractivity contribution in [2.45, 2.75) is 20.3 Å². The quantitative estimate of drug-likeness (QED) is 0.446. The van der Waals surface area contributed by atoms with Gasteiger partial charge in [0.2, 0.25) is 5.95 Å². The lowest BCUT2D eigenvalue weighted by molar-refractivity contribution is 0.298. The number of ether oxygens (including phenoxy) is 1. The van der Waals surface area contributed by atoms with Crippen LogP contribution in [0.25, 0.3) is 0 Å². The number of benzene rings is 1. The van der Waals surface area contributed by atoms with E-state index in [9.17, 15) is 9.90 Å². The molecule has 0 aliphatic rings. The third kappa shape index (κ3) is 4.11. The van der Waals surface area contributed by atoms with Gasteiger partial charge in [0.25, 0.3) is 5.56 Å². The van der Waals surface area contributed by atoms with Gasteiger partial charge in [-0.1, -0.05) is 6.07 Å². The number of para-hydroxylation sites is 1. The van der Waals surface area contributed by atoms with Crippen LogP contribution in [-0.2, 0) is 6.42 Å². The molecule has 0 bridgehead atoms. The normalized spacial score (nSPS) is 11.0. The summed E-state index contributed by atoms with van der Waals surface area (Å²) in [7, 11) is 0. The molecule has 2 aromatic rings. The third-order valence-electron chi connectivity index (χ3n) is 3.29. The Labute approximate surface area is 138 Å². The summed E-state index contributed by atoms with van der Waals surface area (Å²) in [4.78, 5) is 18.6. The number of hydrogen-bond donors (Lipinski definition) is 4. The number of aromatic amines is 1. The Morgan fingerprint density at radius 1 is 1.46 bits per heavy atom. The first-order valence-corrected chi connectivity index (χ1v) is 7.51. The molecule has 0 unspecified atom stereocenters. The van der Waals surface area contributed by atoms with E-state index < -0.39 is 0 Å². The van der Waals surface area contributed by atoms with Crippen molar-refractivity contribution in [3.05, 3.63) is 45.4 Å². The van der Waals surface area contributed by atoms with Crippen LogP contribution in [0, 0.1) is 6.92 Å². The van der Waals surface area contributed by atoms with Crippen LogP contribution in [0.2, 0.25) is 0 Å². The van der Waals surface area contributed by atoms with E-state index in [1.807, 2.05) is 6.92 Å². The molecule has 1 aromatic heterocycles. The average molecular weight is 332 g/mol. The maximum atomic E-state index is 11.9. The van der Waals surface area contributed by atoms with E-state index in [0.29, 0.717) is 29.2 Å². The number of hydrogen-bond acceptors (Lipinski definition) is 7. The second kappa shape index (κ2) is 8.11. The number of nitrogens with one attached hydrogen (secondary N) is 2. The molecule has 0 aliphatic carbocycles. The standard InChI is InChI=1S/C16H20N4O4/c1-3-24-13-6-4-5-11(14(13)22)9-17-20-16-18-10(2)12(7-8-21)15(23)19-16/h4-6,9,21-22H,3,7-8H2,1-2H3,(H2,18,19,20,23)/b17-9-. The van der Waals surface area contributed by atoms with E-state index in [0.717, 1.165) is 0 Å². The van der Waals surface area contributed by atoms with Crippen molar-refractivity contribution in [1.29, 1.82) is 0 Å². The number of nitrogens with zero attached hydrogens (tertiary/aromatic N) is 2. The van der Waals surface area contributed by atoms with Crippen molar-refractivity contribution in [1.82, 2.24) is 9.97 Å². The minimum Gasteiger partial charge on any atom is -0.504 e. The van der Waals surface area contributed by atoms with Gasteiger partial charge in [-0.3, -0.25) is 9.78 Å². The predicted octanol–water partition coefficient (Wildman–Crippen LogP) is 1.16. The Morgan fingerprint density at radius 2 is 2.25 bits per heavy atom. The highest BCUT2D eigenvalue weighted by atomic mass is 16.5. The molecule has 128 valence electrons. The van der Waals surface area contributed by atoms with Crippen LogP contribution in [0.5, 0.6) is 11.5 Å². The number of rotatable bonds is 7. The first kappa shape index (κ1) is 17.5. The number of aliphatic hydroxyl groups excluding tert-OH is 1. The van der Waals surface area contributed by atoms with Crippen molar-refractivity contribution in [3.63, 3.8) is 0 Å². The van der Waals surface area contributed by atoms with Crippen LogP contribution in [0.4, 0.5) is 5.95 Å². The zero-order valence-corrected chi connectivity index (χ0v) is 13.5. The molecule has 2 rings (SSSR count). The summed E-state index contributed by atoms with van der Waals surface area (Å²) in [6.45, 7) is 3.84. The first-order valence-electron chi connectivity index (χ1n) is 7.51. The molecule has 0 amide bonds. The van der Waals surface area contributed by atoms with E-state index in [4.69, 9.17) is 9.84 Å². The van der Waals surface area contributed by atoms with Gasteiger partial charge >= 0.3 is 0 Å². The number of phenols is 1. The van der Waals surface area contributed by atoms with Crippen LogP contribution < -0.4 is 15.7 Å². The van der Waals surface area contributed by atoms with Gasteiger partial charge in [0.05, 0.1) is 18.5 Å². The Balaban J connectivity index is 2.15. The zero-order valence-electron chi connectivity index (χ0n) is 13.5. The highest BCUT2D eigenvalue weighted by Gasteiger charge is 2.08. The topological polar surface area (TPSA) is 120 Å². The summed E-state index contributed by atoms with van der Waals surface area (Å²) < 4.78 is 5.30. The second-order valence-electron chi connectivity index (χ2n) is 4.95. The Morgan fingerprint density at radius 3 is 2.92 bits per heavy atom. The molecular formula is C16H20N4O4. The van der Waals surface area contributed by atoms with Gasteiger partial charge in [-0.15, -0.1) is 0 Å². The molecule has 24 heavy (non-hydrogen) atoms. The molecule has 0 spiro atoms. The number of phenolic OH excluding ortho intramolecular Hbond substituents is 1.